The first-order valence-electron chi connectivity index (χ1n) is 5.94. The minimum absolute atomic E-state index is 0.0798. The zero-order valence-electron chi connectivity index (χ0n) is 11.4. The summed E-state index contributed by atoms with van der Waals surface area (Å²) in [4.78, 5) is 33.3. The molecule has 108 valence electrons. The fourth-order valence-electron chi connectivity index (χ4n) is 1.92. The van der Waals surface area contributed by atoms with Crippen molar-refractivity contribution < 1.29 is 33.3 Å². The number of hydrogen-bond donors (Lipinski definition) is 0. The van der Waals surface area contributed by atoms with Crippen molar-refractivity contribution in [3.63, 3.8) is 0 Å². The Labute approximate surface area is 111 Å². The van der Waals surface area contributed by atoms with Crippen molar-refractivity contribution >= 4 is 17.9 Å². The first-order valence-corrected chi connectivity index (χ1v) is 5.94. The summed E-state index contributed by atoms with van der Waals surface area (Å²) < 4.78 is 20.6. The Morgan fingerprint density at radius 1 is 0.895 bits per heavy atom. The van der Waals surface area contributed by atoms with E-state index in [0.717, 1.165) is 0 Å². The van der Waals surface area contributed by atoms with Gasteiger partial charge < -0.3 is 18.9 Å². The third kappa shape index (κ3) is 4.51. The molecule has 0 saturated carbocycles. The molecule has 0 aliphatic carbocycles. The van der Waals surface area contributed by atoms with Crippen LogP contribution in [-0.4, -0.2) is 48.9 Å². The Kier molecular flexibility index (Phi) is 5.29. The number of ether oxygens (including phenoxy) is 4. The van der Waals surface area contributed by atoms with E-state index < -0.39 is 42.3 Å². The SMILES string of the molecule is CC(=O)O[C@@H]1[C@@H](OC(C)=O)COC(C)[C@H]1OC(C)=O. The highest BCUT2D eigenvalue weighted by Crippen LogP contribution is 2.24. The van der Waals surface area contributed by atoms with Crippen LogP contribution < -0.4 is 0 Å². The third-order valence-electron chi connectivity index (χ3n) is 2.60. The number of esters is 3. The largest absolute Gasteiger partial charge is 0.456 e. The maximum absolute atomic E-state index is 11.1. The van der Waals surface area contributed by atoms with E-state index in [4.69, 9.17) is 18.9 Å². The standard InChI is InChI=1S/C12H18O7/c1-6-11(18-8(3)14)12(19-9(4)15)10(5-16-6)17-7(2)13/h6,10-12H,5H2,1-4H3/t6?,10-,11+,12+/m0/s1. The van der Waals surface area contributed by atoms with Gasteiger partial charge in [-0.15, -0.1) is 0 Å². The highest BCUT2D eigenvalue weighted by Gasteiger charge is 2.44. The molecule has 1 aliphatic heterocycles. The monoisotopic (exact) mass is 274 g/mol. The van der Waals surface area contributed by atoms with Gasteiger partial charge in [-0.25, -0.2) is 0 Å². The Morgan fingerprint density at radius 3 is 1.84 bits per heavy atom. The number of rotatable bonds is 3. The molecule has 0 aromatic rings. The van der Waals surface area contributed by atoms with E-state index in [0.29, 0.717) is 0 Å². The second-order valence-electron chi connectivity index (χ2n) is 4.33. The van der Waals surface area contributed by atoms with E-state index >= 15 is 0 Å². The minimum atomic E-state index is -0.867. The molecular formula is C12H18O7. The van der Waals surface area contributed by atoms with Crippen LogP contribution in [0.4, 0.5) is 0 Å². The molecule has 19 heavy (non-hydrogen) atoms. The summed E-state index contributed by atoms with van der Waals surface area (Å²) in [6.07, 6.45) is -2.92. The highest BCUT2D eigenvalue weighted by molar-refractivity contribution is 5.68. The van der Waals surface area contributed by atoms with Crippen molar-refractivity contribution in [3.8, 4) is 0 Å². The molecule has 1 unspecified atom stereocenters. The van der Waals surface area contributed by atoms with Gasteiger partial charge in [-0.2, -0.15) is 0 Å². The maximum atomic E-state index is 11.1. The molecule has 0 aromatic carbocycles. The van der Waals surface area contributed by atoms with Crippen LogP contribution in [0.1, 0.15) is 27.7 Å². The highest BCUT2D eigenvalue weighted by atomic mass is 16.6. The van der Waals surface area contributed by atoms with Crippen molar-refractivity contribution in [1.82, 2.24) is 0 Å². The van der Waals surface area contributed by atoms with Gasteiger partial charge in [0.2, 0.25) is 0 Å². The van der Waals surface area contributed by atoms with Gasteiger partial charge in [0.15, 0.2) is 18.3 Å². The molecule has 0 aromatic heterocycles. The van der Waals surface area contributed by atoms with E-state index in [9.17, 15) is 14.4 Å². The van der Waals surface area contributed by atoms with Gasteiger partial charge in [0.1, 0.15) is 0 Å². The molecule has 0 bridgehead atoms. The van der Waals surface area contributed by atoms with E-state index in [1.165, 1.54) is 20.8 Å². The molecule has 1 heterocycles. The molecule has 0 amide bonds. The molecule has 0 spiro atoms. The van der Waals surface area contributed by atoms with Gasteiger partial charge in [-0.3, -0.25) is 14.4 Å². The lowest BCUT2D eigenvalue weighted by atomic mass is 10.0. The molecule has 1 saturated heterocycles. The second kappa shape index (κ2) is 6.51. The van der Waals surface area contributed by atoms with Crippen molar-refractivity contribution in [1.29, 1.82) is 0 Å². The van der Waals surface area contributed by atoms with Crippen LogP contribution in [0.3, 0.4) is 0 Å². The summed E-state index contributed by atoms with van der Waals surface area (Å²) in [5.41, 5.74) is 0. The average molecular weight is 274 g/mol. The van der Waals surface area contributed by atoms with E-state index in [1.807, 2.05) is 0 Å². The Bertz CT molecular complexity index is 365. The quantitative estimate of drug-likeness (QED) is 0.536. The Balaban J connectivity index is 2.89. The summed E-state index contributed by atoms with van der Waals surface area (Å²) in [6.45, 7) is 5.48. The number of carbonyl (C=O) groups excluding carboxylic acids is 3. The summed E-state index contributed by atoms with van der Waals surface area (Å²) in [7, 11) is 0. The summed E-state index contributed by atoms with van der Waals surface area (Å²) >= 11 is 0. The summed E-state index contributed by atoms with van der Waals surface area (Å²) in [5, 5.41) is 0. The molecule has 1 rings (SSSR count). The number of hydrogen-bond acceptors (Lipinski definition) is 7. The average Bonchev–Trinajstić information content (AvgIpc) is 2.25. The summed E-state index contributed by atoms with van der Waals surface area (Å²) in [5.74, 6) is -1.60. The van der Waals surface area contributed by atoms with Crippen LogP contribution in [0.15, 0.2) is 0 Å². The van der Waals surface area contributed by atoms with Crippen LogP contribution in [0, 0.1) is 0 Å². The van der Waals surface area contributed by atoms with E-state index in [-0.39, 0.29) is 6.61 Å². The van der Waals surface area contributed by atoms with Crippen molar-refractivity contribution in [2.24, 2.45) is 0 Å². The number of carbonyl (C=O) groups is 3. The van der Waals surface area contributed by atoms with Crippen molar-refractivity contribution in [3.05, 3.63) is 0 Å². The lowest BCUT2D eigenvalue weighted by molar-refractivity contribution is -0.222. The van der Waals surface area contributed by atoms with E-state index in [1.54, 1.807) is 6.92 Å². The molecule has 7 nitrogen and oxygen atoms in total. The third-order valence-corrected chi connectivity index (χ3v) is 2.60. The zero-order valence-corrected chi connectivity index (χ0v) is 11.4. The van der Waals surface area contributed by atoms with Crippen LogP contribution in [0.2, 0.25) is 0 Å². The van der Waals surface area contributed by atoms with Gasteiger partial charge >= 0.3 is 17.9 Å². The molecule has 4 atom stereocenters. The maximum Gasteiger partial charge on any atom is 0.303 e. The minimum Gasteiger partial charge on any atom is -0.456 e. The van der Waals surface area contributed by atoms with Gasteiger partial charge in [0.05, 0.1) is 12.7 Å². The van der Waals surface area contributed by atoms with Crippen molar-refractivity contribution in [2.75, 3.05) is 6.61 Å². The van der Waals surface area contributed by atoms with Crippen LogP contribution in [0.25, 0.3) is 0 Å². The second-order valence-corrected chi connectivity index (χ2v) is 4.33. The Morgan fingerprint density at radius 2 is 1.37 bits per heavy atom. The van der Waals surface area contributed by atoms with Crippen molar-refractivity contribution in [2.45, 2.75) is 52.1 Å². The lowest BCUT2D eigenvalue weighted by Gasteiger charge is -2.39. The fourth-order valence-corrected chi connectivity index (χ4v) is 1.92. The first-order chi connectivity index (χ1) is 8.81. The van der Waals surface area contributed by atoms with Gasteiger partial charge in [0, 0.05) is 20.8 Å². The van der Waals surface area contributed by atoms with Gasteiger partial charge in [-0.05, 0) is 6.92 Å². The summed E-state index contributed by atoms with van der Waals surface area (Å²) in [6, 6.07) is 0. The zero-order chi connectivity index (χ0) is 14.6. The van der Waals surface area contributed by atoms with Crippen LogP contribution >= 0.6 is 0 Å². The predicted octanol–water partition coefficient (Wildman–Crippen LogP) is 0.200. The van der Waals surface area contributed by atoms with Gasteiger partial charge in [-0.1, -0.05) is 0 Å². The lowest BCUT2D eigenvalue weighted by Crippen LogP contribution is -2.56. The fraction of sp³-hybridized carbons (Fsp3) is 0.750. The molecule has 0 radical (unpaired) electrons. The molecule has 7 heteroatoms. The molecule has 0 N–H and O–H groups in total. The first kappa shape index (κ1) is 15.4. The topological polar surface area (TPSA) is 88.1 Å². The van der Waals surface area contributed by atoms with Gasteiger partial charge in [0.25, 0.3) is 0 Å². The van der Waals surface area contributed by atoms with Crippen LogP contribution in [0.5, 0.6) is 0 Å². The van der Waals surface area contributed by atoms with E-state index in [2.05, 4.69) is 0 Å². The van der Waals surface area contributed by atoms with Crippen LogP contribution in [-0.2, 0) is 33.3 Å². The normalized spacial score (nSPS) is 30.3. The Hall–Kier alpha value is -1.63. The molecule has 1 aliphatic rings. The molecule has 1 fully saturated rings. The smallest absolute Gasteiger partial charge is 0.303 e. The molecular weight excluding hydrogens is 256 g/mol. The predicted molar refractivity (Wildman–Crippen MR) is 62.1 cm³/mol.